The lowest BCUT2D eigenvalue weighted by molar-refractivity contribution is -0.118. The van der Waals surface area contributed by atoms with Gasteiger partial charge in [0.1, 0.15) is 0 Å². The van der Waals surface area contributed by atoms with Crippen LogP contribution in [-0.2, 0) is 9.59 Å². The van der Waals surface area contributed by atoms with Gasteiger partial charge in [-0.2, -0.15) is 0 Å². The molecule has 6 nitrogen and oxygen atoms in total. The highest BCUT2D eigenvalue weighted by molar-refractivity contribution is 5.92. The third kappa shape index (κ3) is 13.3. The number of carbonyl (C=O) groups is 2. The van der Waals surface area contributed by atoms with Crippen molar-refractivity contribution in [2.75, 3.05) is 53.4 Å². The first kappa shape index (κ1) is 23.3. The fraction of sp³-hybridized carbons (Fsp3) is 0.684. The second kappa shape index (κ2) is 13.6. The summed E-state index contributed by atoms with van der Waals surface area (Å²) in [5.74, 6) is -0.132. The summed E-state index contributed by atoms with van der Waals surface area (Å²) < 4.78 is 0. The molecule has 0 aliphatic carbocycles. The number of rotatable bonds is 14. The number of hydrogen-bond donors (Lipinski definition) is 2. The molecular formula is C19H36N4O2. The van der Waals surface area contributed by atoms with Gasteiger partial charge in [-0.1, -0.05) is 13.2 Å². The summed E-state index contributed by atoms with van der Waals surface area (Å²) in [6.07, 6.45) is 2.98. The minimum Gasteiger partial charge on any atom is -0.352 e. The van der Waals surface area contributed by atoms with E-state index in [1.165, 1.54) is 0 Å². The van der Waals surface area contributed by atoms with Crippen LogP contribution >= 0.6 is 0 Å². The summed E-state index contributed by atoms with van der Waals surface area (Å²) in [6.45, 7) is 16.0. The Balaban J connectivity index is 3.58. The van der Waals surface area contributed by atoms with E-state index in [1.807, 2.05) is 0 Å². The van der Waals surface area contributed by atoms with Crippen LogP contribution in [0.15, 0.2) is 24.3 Å². The van der Waals surface area contributed by atoms with E-state index >= 15 is 0 Å². The summed E-state index contributed by atoms with van der Waals surface area (Å²) in [5.41, 5.74) is 1.10. The Morgan fingerprint density at radius 3 is 1.36 bits per heavy atom. The maximum atomic E-state index is 11.4. The molecule has 0 rings (SSSR count). The minimum absolute atomic E-state index is 0.0660. The maximum Gasteiger partial charge on any atom is 0.246 e. The smallest absolute Gasteiger partial charge is 0.246 e. The molecule has 0 spiro atoms. The molecule has 0 saturated carbocycles. The highest BCUT2D eigenvalue weighted by Crippen LogP contribution is 1.95. The van der Waals surface area contributed by atoms with Gasteiger partial charge in [0.25, 0.3) is 0 Å². The Morgan fingerprint density at radius 1 is 0.720 bits per heavy atom. The van der Waals surface area contributed by atoms with Crippen LogP contribution in [0.5, 0.6) is 0 Å². The number of amides is 2. The normalized spacial score (nSPS) is 10.8. The molecule has 0 bridgehead atoms. The van der Waals surface area contributed by atoms with Crippen molar-refractivity contribution in [2.45, 2.75) is 33.1 Å². The van der Waals surface area contributed by atoms with E-state index in [1.54, 1.807) is 13.8 Å². The van der Waals surface area contributed by atoms with Gasteiger partial charge >= 0.3 is 0 Å². The second-order valence-electron chi connectivity index (χ2n) is 6.74. The summed E-state index contributed by atoms with van der Waals surface area (Å²) in [6, 6.07) is 0. The number of carbonyl (C=O) groups excluding carboxylic acids is 2. The van der Waals surface area contributed by atoms with Gasteiger partial charge < -0.3 is 20.4 Å². The number of nitrogens with zero attached hydrogens (tertiary/aromatic N) is 2. The molecule has 6 heteroatoms. The molecule has 0 fully saturated rings. The highest BCUT2D eigenvalue weighted by Gasteiger charge is 2.04. The maximum absolute atomic E-state index is 11.4. The van der Waals surface area contributed by atoms with Crippen LogP contribution in [0.3, 0.4) is 0 Å². The minimum atomic E-state index is -0.0660. The van der Waals surface area contributed by atoms with Crippen LogP contribution < -0.4 is 10.6 Å². The Kier molecular flexibility index (Phi) is 12.7. The van der Waals surface area contributed by atoms with Gasteiger partial charge in [0, 0.05) is 24.2 Å². The van der Waals surface area contributed by atoms with Crippen molar-refractivity contribution in [3.05, 3.63) is 24.3 Å². The summed E-state index contributed by atoms with van der Waals surface area (Å²) >= 11 is 0. The molecule has 0 aromatic heterocycles. The van der Waals surface area contributed by atoms with E-state index in [2.05, 4.69) is 47.7 Å². The van der Waals surface area contributed by atoms with Crippen LogP contribution in [0.4, 0.5) is 0 Å². The first-order chi connectivity index (χ1) is 11.7. The molecule has 0 unspecified atom stereocenters. The molecule has 2 amide bonds. The van der Waals surface area contributed by atoms with Gasteiger partial charge in [0.05, 0.1) is 0 Å². The third-order valence-electron chi connectivity index (χ3n) is 3.86. The predicted octanol–water partition coefficient (Wildman–Crippen LogP) is 1.40. The first-order valence-corrected chi connectivity index (χ1v) is 8.98. The molecule has 144 valence electrons. The zero-order valence-corrected chi connectivity index (χ0v) is 16.5. The molecule has 0 saturated heterocycles. The van der Waals surface area contributed by atoms with E-state index in [0.717, 1.165) is 45.4 Å². The topological polar surface area (TPSA) is 64.7 Å². The van der Waals surface area contributed by atoms with Gasteiger partial charge in [0.15, 0.2) is 0 Å². The van der Waals surface area contributed by atoms with Crippen LogP contribution in [-0.4, -0.2) is 75.0 Å². The quantitative estimate of drug-likeness (QED) is 0.366. The van der Waals surface area contributed by atoms with Crippen molar-refractivity contribution >= 4 is 11.8 Å². The lowest BCUT2D eigenvalue weighted by atomic mass is 10.3. The van der Waals surface area contributed by atoms with Crippen molar-refractivity contribution in [3.8, 4) is 0 Å². The molecule has 0 aliphatic heterocycles. The Bertz CT molecular complexity index is 409. The van der Waals surface area contributed by atoms with Crippen molar-refractivity contribution < 1.29 is 9.59 Å². The summed E-state index contributed by atoms with van der Waals surface area (Å²) in [4.78, 5) is 27.3. The monoisotopic (exact) mass is 352 g/mol. The Morgan fingerprint density at radius 2 is 1.04 bits per heavy atom. The molecule has 0 atom stereocenters. The van der Waals surface area contributed by atoms with Gasteiger partial charge in [-0.15, -0.1) is 0 Å². The van der Waals surface area contributed by atoms with Crippen LogP contribution in [0.1, 0.15) is 33.1 Å². The largest absolute Gasteiger partial charge is 0.352 e. The van der Waals surface area contributed by atoms with Gasteiger partial charge in [-0.05, 0) is 73.4 Å². The average molecular weight is 353 g/mol. The Labute approximate surface area is 153 Å². The summed E-state index contributed by atoms with van der Waals surface area (Å²) in [7, 11) is 4.21. The zero-order chi connectivity index (χ0) is 19.2. The lowest BCUT2D eigenvalue weighted by Crippen LogP contribution is -2.31. The first-order valence-electron chi connectivity index (χ1n) is 8.98. The van der Waals surface area contributed by atoms with Gasteiger partial charge in [-0.25, -0.2) is 0 Å². The predicted molar refractivity (Wildman–Crippen MR) is 104 cm³/mol. The van der Waals surface area contributed by atoms with Gasteiger partial charge in [0.2, 0.25) is 11.8 Å². The second-order valence-corrected chi connectivity index (χ2v) is 6.74. The van der Waals surface area contributed by atoms with Crippen LogP contribution in [0.2, 0.25) is 0 Å². The molecule has 0 aromatic rings. The molecular weight excluding hydrogens is 316 g/mol. The van der Waals surface area contributed by atoms with E-state index in [0.29, 0.717) is 24.2 Å². The van der Waals surface area contributed by atoms with Crippen LogP contribution in [0, 0.1) is 0 Å². The zero-order valence-electron chi connectivity index (χ0n) is 16.5. The lowest BCUT2D eigenvalue weighted by Gasteiger charge is -2.20. The molecule has 0 radical (unpaired) electrons. The molecule has 0 aliphatic rings. The fourth-order valence-corrected chi connectivity index (χ4v) is 2.24. The molecule has 25 heavy (non-hydrogen) atoms. The van der Waals surface area contributed by atoms with Gasteiger partial charge in [-0.3, -0.25) is 9.59 Å². The van der Waals surface area contributed by atoms with E-state index < -0.39 is 0 Å². The third-order valence-corrected chi connectivity index (χ3v) is 3.86. The van der Waals surface area contributed by atoms with E-state index in [4.69, 9.17) is 0 Å². The number of nitrogens with one attached hydrogen (secondary N) is 2. The highest BCUT2D eigenvalue weighted by atomic mass is 16.2. The molecule has 2 N–H and O–H groups in total. The van der Waals surface area contributed by atoms with Crippen LogP contribution in [0.25, 0.3) is 0 Å². The number of hydrogen-bond acceptors (Lipinski definition) is 4. The standard InChI is InChI=1S/C19H36N4O2/c1-16(2)18(24)20-10-7-12-22(5)14-9-15-23(6)13-8-11-21-19(25)17(3)4/h1,3,7-15H2,2,4-6H3,(H,20,24)(H,21,25). The SMILES string of the molecule is C=C(C)C(=O)NCCCN(C)CCCN(C)CCCNC(=O)C(=C)C. The Hall–Kier alpha value is -1.66. The average Bonchev–Trinajstić information content (AvgIpc) is 2.54. The van der Waals surface area contributed by atoms with Crippen molar-refractivity contribution in [2.24, 2.45) is 0 Å². The van der Waals surface area contributed by atoms with Crippen molar-refractivity contribution in [1.82, 2.24) is 20.4 Å². The molecule has 0 aromatic carbocycles. The fourth-order valence-electron chi connectivity index (χ4n) is 2.24. The molecule has 0 heterocycles. The summed E-state index contributed by atoms with van der Waals surface area (Å²) in [5, 5.41) is 5.69. The van der Waals surface area contributed by atoms with E-state index in [9.17, 15) is 9.59 Å². The van der Waals surface area contributed by atoms with Crippen molar-refractivity contribution in [1.29, 1.82) is 0 Å². The van der Waals surface area contributed by atoms with E-state index in [-0.39, 0.29) is 11.8 Å². The van der Waals surface area contributed by atoms with Crippen molar-refractivity contribution in [3.63, 3.8) is 0 Å².